The van der Waals surface area contributed by atoms with Crippen molar-refractivity contribution in [3.05, 3.63) is 46.8 Å². The van der Waals surface area contributed by atoms with Crippen LogP contribution >= 0.6 is 0 Å². The molecule has 0 saturated carbocycles. The number of pyridine rings is 2. The molecule has 2 aromatic rings. The van der Waals surface area contributed by atoms with Gasteiger partial charge in [0, 0.05) is 30.9 Å². The van der Waals surface area contributed by atoms with Crippen LogP contribution in [-0.4, -0.2) is 29.2 Å². The lowest BCUT2D eigenvalue weighted by atomic mass is 9.91. The second-order valence-electron chi connectivity index (χ2n) is 7.39. The molecule has 0 radical (unpaired) electrons. The number of aryl methyl sites for hydroxylation is 1. The summed E-state index contributed by atoms with van der Waals surface area (Å²) in [5.41, 5.74) is 2.93. The summed E-state index contributed by atoms with van der Waals surface area (Å²) in [7, 11) is 0. The van der Waals surface area contributed by atoms with Crippen LogP contribution in [0.15, 0.2) is 24.4 Å². The number of fused-ring (bicyclic) bond motifs is 1. The summed E-state index contributed by atoms with van der Waals surface area (Å²) < 4.78 is 5.98. The van der Waals surface area contributed by atoms with Crippen LogP contribution < -0.4 is 9.64 Å². The number of rotatable bonds is 3. The fourth-order valence-electron chi connectivity index (χ4n) is 4.14. The molecule has 1 aliphatic carbocycles. The molecular formula is C22H23N5O. The molecule has 6 heteroatoms. The minimum Gasteiger partial charge on any atom is -0.472 e. The van der Waals surface area contributed by atoms with E-state index in [1.165, 1.54) is 12.8 Å². The van der Waals surface area contributed by atoms with Crippen LogP contribution in [0.1, 0.15) is 54.5 Å². The zero-order chi connectivity index (χ0) is 19.3. The molecule has 3 heterocycles. The Balaban J connectivity index is 1.63. The van der Waals surface area contributed by atoms with Gasteiger partial charge in [0.2, 0.25) is 5.88 Å². The number of nitriles is 2. The topological polar surface area (TPSA) is 85.8 Å². The number of anilines is 1. The number of hydrogen-bond acceptors (Lipinski definition) is 6. The molecule has 142 valence electrons. The van der Waals surface area contributed by atoms with Gasteiger partial charge in [-0.3, -0.25) is 0 Å². The third kappa shape index (κ3) is 3.64. The van der Waals surface area contributed by atoms with Gasteiger partial charge in [-0.05, 0) is 37.3 Å². The Hall–Kier alpha value is -3.12. The molecule has 6 nitrogen and oxygen atoms in total. The molecule has 4 rings (SSSR count). The second kappa shape index (κ2) is 8.27. The van der Waals surface area contributed by atoms with Gasteiger partial charge in [0.25, 0.3) is 0 Å². The van der Waals surface area contributed by atoms with Crippen molar-refractivity contribution in [3.8, 4) is 18.0 Å². The lowest BCUT2D eigenvalue weighted by molar-refractivity contribution is 0.216. The normalized spacial score (nSPS) is 19.1. The van der Waals surface area contributed by atoms with Crippen LogP contribution in [0, 0.1) is 22.7 Å². The molecule has 1 atom stereocenters. The Kier molecular flexibility index (Phi) is 5.39. The predicted molar refractivity (Wildman–Crippen MR) is 105 cm³/mol. The van der Waals surface area contributed by atoms with E-state index in [2.05, 4.69) is 22.0 Å². The van der Waals surface area contributed by atoms with Gasteiger partial charge in [-0.1, -0.05) is 18.9 Å². The van der Waals surface area contributed by atoms with Crippen molar-refractivity contribution in [1.82, 2.24) is 9.97 Å². The molecule has 0 amide bonds. The average Bonchev–Trinajstić information content (AvgIpc) is 3.16. The fourth-order valence-corrected chi connectivity index (χ4v) is 4.14. The fraction of sp³-hybridized carbons (Fsp3) is 0.455. The number of ether oxygens (including phenoxy) is 1. The van der Waals surface area contributed by atoms with Gasteiger partial charge in [0.1, 0.15) is 29.6 Å². The van der Waals surface area contributed by atoms with Crippen molar-refractivity contribution in [1.29, 1.82) is 10.5 Å². The summed E-state index contributed by atoms with van der Waals surface area (Å²) in [6, 6.07) is 10.2. The van der Waals surface area contributed by atoms with E-state index in [-0.39, 0.29) is 6.10 Å². The van der Waals surface area contributed by atoms with Crippen LogP contribution in [-0.2, 0) is 12.8 Å². The van der Waals surface area contributed by atoms with Crippen molar-refractivity contribution in [2.24, 2.45) is 0 Å². The van der Waals surface area contributed by atoms with Gasteiger partial charge in [-0.25, -0.2) is 9.97 Å². The van der Waals surface area contributed by atoms with Crippen molar-refractivity contribution in [2.45, 2.75) is 51.0 Å². The Bertz CT molecular complexity index is 929. The SMILES string of the molecule is N#Cc1c(N2CCC(Oc3ccccn3)C2)nc2c(c1C#N)CCCCCC2. The van der Waals surface area contributed by atoms with E-state index < -0.39 is 0 Å². The lowest BCUT2D eigenvalue weighted by Gasteiger charge is -2.23. The standard InChI is InChI=1S/C22H23N5O/c23-13-18-17-7-3-1-2-4-8-20(17)26-22(19(18)14-24)27-12-10-16(15-27)28-21-9-5-6-11-25-21/h5-6,9,11,16H,1-4,7-8,10,12,15H2. The van der Waals surface area contributed by atoms with E-state index in [1.54, 1.807) is 6.20 Å². The molecule has 1 saturated heterocycles. The molecule has 2 aromatic heterocycles. The number of hydrogen-bond donors (Lipinski definition) is 0. The summed E-state index contributed by atoms with van der Waals surface area (Å²) in [4.78, 5) is 11.2. The van der Waals surface area contributed by atoms with Crippen LogP contribution in [0.25, 0.3) is 0 Å². The highest BCUT2D eigenvalue weighted by Crippen LogP contribution is 2.32. The van der Waals surface area contributed by atoms with Crippen LogP contribution in [0.3, 0.4) is 0 Å². The molecule has 0 spiro atoms. The molecule has 0 bridgehead atoms. The maximum absolute atomic E-state index is 9.81. The summed E-state index contributed by atoms with van der Waals surface area (Å²) in [5, 5.41) is 19.6. The van der Waals surface area contributed by atoms with E-state index >= 15 is 0 Å². The highest BCUT2D eigenvalue weighted by molar-refractivity contribution is 5.65. The summed E-state index contributed by atoms with van der Waals surface area (Å²) in [5.74, 6) is 1.25. The van der Waals surface area contributed by atoms with E-state index in [0.717, 1.165) is 49.9 Å². The molecule has 28 heavy (non-hydrogen) atoms. The molecule has 1 fully saturated rings. The largest absolute Gasteiger partial charge is 0.472 e. The van der Waals surface area contributed by atoms with Crippen LogP contribution in [0.2, 0.25) is 0 Å². The van der Waals surface area contributed by atoms with Crippen LogP contribution in [0.4, 0.5) is 5.82 Å². The summed E-state index contributed by atoms with van der Waals surface area (Å²) >= 11 is 0. The van der Waals surface area contributed by atoms with E-state index in [1.807, 2.05) is 18.2 Å². The van der Waals surface area contributed by atoms with Crippen molar-refractivity contribution < 1.29 is 4.74 Å². The smallest absolute Gasteiger partial charge is 0.213 e. The van der Waals surface area contributed by atoms with Gasteiger partial charge >= 0.3 is 0 Å². The predicted octanol–water partition coefficient (Wildman–Crippen LogP) is 3.54. The van der Waals surface area contributed by atoms with E-state index in [0.29, 0.717) is 29.4 Å². The highest BCUT2D eigenvalue weighted by atomic mass is 16.5. The minimum atomic E-state index is -0.00390. The van der Waals surface area contributed by atoms with Crippen molar-refractivity contribution >= 4 is 5.82 Å². The number of nitrogens with zero attached hydrogens (tertiary/aromatic N) is 5. The third-order valence-corrected chi connectivity index (χ3v) is 5.55. The maximum Gasteiger partial charge on any atom is 0.213 e. The molecule has 2 aliphatic rings. The first kappa shape index (κ1) is 18.3. The van der Waals surface area contributed by atoms with Gasteiger partial charge in [0.05, 0.1) is 12.1 Å². The highest BCUT2D eigenvalue weighted by Gasteiger charge is 2.30. The Labute approximate surface area is 165 Å². The molecule has 1 unspecified atom stereocenters. The molecule has 0 aromatic carbocycles. The zero-order valence-electron chi connectivity index (χ0n) is 15.9. The monoisotopic (exact) mass is 373 g/mol. The summed E-state index contributed by atoms with van der Waals surface area (Å²) in [6.45, 7) is 1.39. The van der Waals surface area contributed by atoms with E-state index in [9.17, 15) is 10.5 Å². The van der Waals surface area contributed by atoms with Gasteiger partial charge in [0.15, 0.2) is 0 Å². The maximum atomic E-state index is 9.81. The Morgan fingerprint density at radius 3 is 2.61 bits per heavy atom. The first-order valence-electron chi connectivity index (χ1n) is 9.98. The first-order chi connectivity index (χ1) is 13.8. The lowest BCUT2D eigenvalue weighted by Crippen LogP contribution is -2.27. The molecule has 0 N–H and O–H groups in total. The Morgan fingerprint density at radius 1 is 1.04 bits per heavy atom. The van der Waals surface area contributed by atoms with Gasteiger partial charge < -0.3 is 9.64 Å². The Morgan fingerprint density at radius 2 is 1.86 bits per heavy atom. The first-order valence-corrected chi connectivity index (χ1v) is 9.98. The van der Waals surface area contributed by atoms with Crippen LogP contribution in [0.5, 0.6) is 5.88 Å². The quantitative estimate of drug-likeness (QED) is 0.818. The summed E-state index contributed by atoms with van der Waals surface area (Å²) in [6.07, 6.45) is 8.77. The van der Waals surface area contributed by atoms with Gasteiger partial charge in [-0.2, -0.15) is 10.5 Å². The van der Waals surface area contributed by atoms with Gasteiger partial charge in [-0.15, -0.1) is 0 Å². The molecular weight excluding hydrogens is 350 g/mol. The van der Waals surface area contributed by atoms with Crippen molar-refractivity contribution in [2.75, 3.05) is 18.0 Å². The molecule has 1 aliphatic heterocycles. The van der Waals surface area contributed by atoms with E-state index in [4.69, 9.17) is 9.72 Å². The van der Waals surface area contributed by atoms with Crippen molar-refractivity contribution in [3.63, 3.8) is 0 Å². The second-order valence-corrected chi connectivity index (χ2v) is 7.39. The third-order valence-electron chi connectivity index (χ3n) is 5.55. The minimum absolute atomic E-state index is 0.00390. The zero-order valence-corrected chi connectivity index (χ0v) is 15.9. The average molecular weight is 373 g/mol. The number of aromatic nitrogens is 2.